The highest BCUT2D eigenvalue weighted by Crippen LogP contribution is 2.24. The predicted molar refractivity (Wildman–Crippen MR) is 87.7 cm³/mol. The average Bonchev–Trinajstić information content (AvgIpc) is 3.01. The molecule has 0 unspecified atom stereocenters. The zero-order chi connectivity index (χ0) is 15.8. The van der Waals surface area contributed by atoms with Gasteiger partial charge in [0.15, 0.2) is 5.82 Å². The molecule has 114 valence electrons. The van der Waals surface area contributed by atoms with E-state index in [1.165, 1.54) is 0 Å². The maximum absolute atomic E-state index is 11.9. The predicted octanol–water partition coefficient (Wildman–Crippen LogP) is 2.01. The summed E-state index contributed by atoms with van der Waals surface area (Å²) in [5, 5.41) is 2.84. The van der Waals surface area contributed by atoms with Crippen molar-refractivity contribution in [2.45, 2.75) is 6.42 Å². The summed E-state index contributed by atoms with van der Waals surface area (Å²) in [5.74, 6) is 0.584. The van der Waals surface area contributed by atoms with Gasteiger partial charge in [-0.1, -0.05) is 0 Å². The lowest BCUT2D eigenvalue weighted by atomic mass is 10.1. The van der Waals surface area contributed by atoms with Crippen molar-refractivity contribution >= 4 is 11.6 Å². The quantitative estimate of drug-likeness (QED) is 0.631. The first-order chi connectivity index (χ1) is 11.2. The van der Waals surface area contributed by atoms with Crippen LogP contribution in [0.1, 0.15) is 16.1 Å². The highest BCUT2D eigenvalue weighted by molar-refractivity contribution is 5.97. The summed E-state index contributed by atoms with van der Waals surface area (Å²) >= 11 is 0. The number of nitrogen functional groups attached to an aromatic ring is 1. The highest BCUT2D eigenvalue weighted by Gasteiger charge is 2.20. The molecule has 1 aromatic carbocycles. The number of nitrogens with one attached hydrogen (secondary N) is 2. The molecule has 1 amide bonds. The van der Waals surface area contributed by atoms with Crippen molar-refractivity contribution in [3.05, 3.63) is 53.9 Å². The second-order valence-electron chi connectivity index (χ2n) is 5.47. The van der Waals surface area contributed by atoms with E-state index < -0.39 is 0 Å². The van der Waals surface area contributed by atoms with Gasteiger partial charge in [-0.2, -0.15) is 0 Å². The zero-order valence-electron chi connectivity index (χ0n) is 12.3. The van der Waals surface area contributed by atoms with Gasteiger partial charge in [0.25, 0.3) is 5.91 Å². The van der Waals surface area contributed by atoms with Crippen LogP contribution < -0.4 is 11.1 Å². The van der Waals surface area contributed by atoms with Crippen LogP contribution in [-0.4, -0.2) is 27.4 Å². The molecule has 0 spiro atoms. The van der Waals surface area contributed by atoms with Crippen LogP contribution in [0, 0.1) is 0 Å². The van der Waals surface area contributed by atoms with Crippen molar-refractivity contribution in [1.29, 1.82) is 0 Å². The van der Waals surface area contributed by atoms with Crippen molar-refractivity contribution in [3.8, 4) is 22.8 Å². The van der Waals surface area contributed by atoms with Crippen molar-refractivity contribution < 1.29 is 4.79 Å². The van der Waals surface area contributed by atoms with E-state index in [4.69, 9.17) is 5.73 Å². The van der Waals surface area contributed by atoms with E-state index in [9.17, 15) is 4.79 Å². The monoisotopic (exact) mass is 305 g/mol. The largest absolute Gasteiger partial charge is 0.399 e. The third kappa shape index (κ3) is 2.44. The van der Waals surface area contributed by atoms with Gasteiger partial charge in [-0.25, -0.2) is 9.97 Å². The van der Waals surface area contributed by atoms with Crippen molar-refractivity contribution in [2.24, 2.45) is 0 Å². The Morgan fingerprint density at radius 1 is 1.13 bits per heavy atom. The number of hydrogen-bond donors (Lipinski definition) is 3. The molecule has 0 fully saturated rings. The van der Waals surface area contributed by atoms with Crippen molar-refractivity contribution in [1.82, 2.24) is 20.3 Å². The number of carbonyl (C=O) groups is 1. The van der Waals surface area contributed by atoms with Crippen LogP contribution in [0.4, 0.5) is 5.69 Å². The van der Waals surface area contributed by atoms with E-state index in [1.54, 1.807) is 6.20 Å². The minimum Gasteiger partial charge on any atom is -0.399 e. The molecule has 0 saturated carbocycles. The van der Waals surface area contributed by atoms with Gasteiger partial charge in [0.05, 0.1) is 17.0 Å². The molecule has 3 aromatic rings. The number of nitrogens with two attached hydrogens (primary N) is 1. The highest BCUT2D eigenvalue weighted by atomic mass is 16.1. The van der Waals surface area contributed by atoms with E-state index in [1.807, 2.05) is 36.4 Å². The summed E-state index contributed by atoms with van der Waals surface area (Å²) < 4.78 is 0. The van der Waals surface area contributed by atoms with E-state index in [0.717, 1.165) is 29.1 Å². The van der Waals surface area contributed by atoms with Crippen molar-refractivity contribution in [2.75, 3.05) is 12.3 Å². The molecule has 4 N–H and O–H groups in total. The first kappa shape index (κ1) is 13.5. The number of H-pyrrole nitrogens is 1. The fourth-order valence-electron chi connectivity index (χ4n) is 2.71. The summed E-state index contributed by atoms with van der Waals surface area (Å²) in [6.45, 7) is 0.659. The fourth-order valence-corrected chi connectivity index (χ4v) is 2.71. The van der Waals surface area contributed by atoms with Crippen LogP contribution in [0.2, 0.25) is 0 Å². The molecule has 0 aliphatic carbocycles. The molecular formula is C17H15N5O. The van der Waals surface area contributed by atoms with E-state index >= 15 is 0 Å². The summed E-state index contributed by atoms with van der Waals surface area (Å²) in [4.78, 5) is 24.1. The van der Waals surface area contributed by atoms with Crippen LogP contribution in [0.5, 0.6) is 0 Å². The number of amides is 1. The van der Waals surface area contributed by atoms with Gasteiger partial charge in [0.2, 0.25) is 0 Å². The minimum atomic E-state index is -0.0402. The van der Waals surface area contributed by atoms with Crippen LogP contribution >= 0.6 is 0 Å². The molecule has 0 bridgehead atoms. The lowest BCUT2D eigenvalue weighted by Crippen LogP contribution is -2.31. The molecule has 2 aromatic heterocycles. The van der Waals surface area contributed by atoms with Crippen LogP contribution in [0.15, 0.2) is 42.6 Å². The topological polar surface area (TPSA) is 96.7 Å². The first-order valence-electron chi connectivity index (χ1n) is 7.40. The Kier molecular flexibility index (Phi) is 3.08. The SMILES string of the molecule is Nc1ccc(-c2nccc(-c3cc4c([nH]3)CCNC4=O)n2)cc1. The van der Waals surface area contributed by atoms with Gasteiger partial charge in [0, 0.05) is 36.1 Å². The Balaban J connectivity index is 1.74. The van der Waals surface area contributed by atoms with Gasteiger partial charge in [0.1, 0.15) is 0 Å². The molecule has 0 saturated heterocycles. The lowest BCUT2D eigenvalue weighted by molar-refractivity contribution is 0.0946. The number of aromatic nitrogens is 3. The van der Waals surface area contributed by atoms with Gasteiger partial charge in [-0.05, 0) is 36.4 Å². The van der Waals surface area contributed by atoms with Gasteiger partial charge < -0.3 is 16.0 Å². The number of benzene rings is 1. The third-order valence-corrected chi connectivity index (χ3v) is 3.90. The molecule has 23 heavy (non-hydrogen) atoms. The smallest absolute Gasteiger partial charge is 0.253 e. The van der Waals surface area contributed by atoms with E-state index in [-0.39, 0.29) is 5.91 Å². The maximum atomic E-state index is 11.9. The summed E-state index contributed by atoms with van der Waals surface area (Å²) in [6.07, 6.45) is 2.52. The Bertz CT molecular complexity index is 882. The number of anilines is 1. The maximum Gasteiger partial charge on any atom is 0.253 e. The summed E-state index contributed by atoms with van der Waals surface area (Å²) in [5.41, 5.74) is 10.5. The van der Waals surface area contributed by atoms with Gasteiger partial charge in [-0.3, -0.25) is 4.79 Å². The molecule has 6 heteroatoms. The standard InChI is InChI=1S/C17H15N5O/c18-11-3-1-10(2-4-11)16-19-7-6-14(22-16)15-9-12-13(21-15)5-8-20-17(12)23/h1-4,6-7,9,21H,5,8,18H2,(H,20,23). The number of aromatic amines is 1. The fraction of sp³-hybridized carbons (Fsp3) is 0.118. The number of hydrogen-bond acceptors (Lipinski definition) is 4. The first-order valence-corrected chi connectivity index (χ1v) is 7.40. The van der Waals surface area contributed by atoms with Crippen LogP contribution in [0.25, 0.3) is 22.8 Å². The Morgan fingerprint density at radius 2 is 1.96 bits per heavy atom. The minimum absolute atomic E-state index is 0.0402. The second-order valence-corrected chi connectivity index (χ2v) is 5.47. The summed E-state index contributed by atoms with van der Waals surface area (Å²) in [7, 11) is 0. The van der Waals surface area contributed by atoms with Gasteiger partial charge >= 0.3 is 0 Å². The normalized spacial score (nSPS) is 13.5. The summed E-state index contributed by atoms with van der Waals surface area (Å²) in [6, 6.07) is 11.1. The third-order valence-electron chi connectivity index (χ3n) is 3.90. The molecule has 0 radical (unpaired) electrons. The van der Waals surface area contributed by atoms with Crippen LogP contribution in [0.3, 0.4) is 0 Å². The molecule has 4 rings (SSSR count). The Hall–Kier alpha value is -3.15. The molecule has 3 heterocycles. The second kappa shape index (κ2) is 5.24. The van der Waals surface area contributed by atoms with Crippen LogP contribution in [-0.2, 0) is 6.42 Å². The lowest BCUT2D eigenvalue weighted by Gasteiger charge is -2.10. The Morgan fingerprint density at radius 3 is 2.74 bits per heavy atom. The molecule has 1 aliphatic heterocycles. The number of fused-ring (bicyclic) bond motifs is 1. The number of nitrogens with zero attached hydrogens (tertiary/aromatic N) is 2. The van der Waals surface area contributed by atoms with Crippen molar-refractivity contribution in [3.63, 3.8) is 0 Å². The van der Waals surface area contributed by atoms with Gasteiger partial charge in [-0.15, -0.1) is 0 Å². The molecule has 0 atom stereocenters. The molecule has 1 aliphatic rings. The van der Waals surface area contributed by atoms with E-state index in [2.05, 4.69) is 20.3 Å². The average molecular weight is 305 g/mol. The zero-order valence-corrected chi connectivity index (χ0v) is 12.3. The molecule has 6 nitrogen and oxygen atoms in total. The Labute approximate surface area is 132 Å². The number of carbonyl (C=O) groups excluding carboxylic acids is 1. The van der Waals surface area contributed by atoms with E-state index in [0.29, 0.717) is 23.6 Å². The number of rotatable bonds is 2. The molecular weight excluding hydrogens is 290 g/mol.